The summed E-state index contributed by atoms with van der Waals surface area (Å²) in [5, 5.41) is 9.79. The molecule has 0 aliphatic rings. The van der Waals surface area contributed by atoms with Gasteiger partial charge in [-0.05, 0) is 18.2 Å². The number of ether oxygens (including phenoxy) is 1. The highest BCUT2D eigenvalue weighted by Gasteiger charge is 2.07. The summed E-state index contributed by atoms with van der Waals surface area (Å²) in [6.07, 6.45) is 0. The molecule has 0 unspecified atom stereocenters. The van der Waals surface area contributed by atoms with Crippen molar-refractivity contribution >= 4 is 23.2 Å². The molecule has 0 amide bonds. The van der Waals surface area contributed by atoms with Crippen LogP contribution in [0.4, 0.5) is 0 Å². The van der Waals surface area contributed by atoms with E-state index < -0.39 is 0 Å². The molecule has 2 aromatic carbocycles. The van der Waals surface area contributed by atoms with E-state index in [0.717, 1.165) is 5.56 Å². The van der Waals surface area contributed by atoms with Crippen molar-refractivity contribution in [2.45, 2.75) is 6.61 Å². The second-order valence-corrected chi connectivity index (χ2v) is 4.39. The first-order valence-corrected chi connectivity index (χ1v) is 6.03. The molecule has 0 fully saturated rings. The van der Waals surface area contributed by atoms with E-state index in [1.807, 2.05) is 18.2 Å². The van der Waals surface area contributed by atoms with Crippen molar-refractivity contribution in [3.63, 3.8) is 0 Å². The summed E-state index contributed by atoms with van der Waals surface area (Å²) in [7, 11) is 0. The summed E-state index contributed by atoms with van der Waals surface area (Å²) in [5.74, 6) is 0.511. The molecule has 18 heavy (non-hydrogen) atoms. The Hall–Kier alpha value is -1.69. The minimum atomic E-state index is 0.282. The average Bonchev–Trinajstić information content (AvgIpc) is 2.41. The number of nitriles is 1. The maximum absolute atomic E-state index is 8.96. The number of benzene rings is 2. The second kappa shape index (κ2) is 5.77. The van der Waals surface area contributed by atoms with Gasteiger partial charge in [-0.2, -0.15) is 5.26 Å². The number of halogens is 2. The van der Waals surface area contributed by atoms with E-state index in [2.05, 4.69) is 6.07 Å². The van der Waals surface area contributed by atoms with Crippen LogP contribution in [0, 0.1) is 11.3 Å². The molecule has 0 bridgehead atoms. The van der Waals surface area contributed by atoms with Gasteiger partial charge in [-0.15, -0.1) is 0 Å². The predicted molar refractivity (Wildman–Crippen MR) is 72.0 cm³/mol. The first-order chi connectivity index (χ1) is 8.72. The molecule has 0 atom stereocenters. The highest BCUT2D eigenvalue weighted by atomic mass is 35.5. The Bertz CT molecular complexity index is 605. The summed E-state index contributed by atoms with van der Waals surface area (Å²) < 4.78 is 5.58. The maximum Gasteiger partial charge on any atom is 0.139 e. The predicted octanol–water partition coefficient (Wildman–Crippen LogP) is 4.44. The first-order valence-electron chi connectivity index (χ1n) is 5.27. The van der Waals surface area contributed by atoms with Gasteiger partial charge >= 0.3 is 0 Å². The van der Waals surface area contributed by atoms with Crippen molar-refractivity contribution in [2.24, 2.45) is 0 Å². The molecule has 0 heterocycles. The quantitative estimate of drug-likeness (QED) is 0.831. The summed E-state index contributed by atoms with van der Waals surface area (Å²) in [4.78, 5) is 0. The zero-order valence-electron chi connectivity index (χ0n) is 9.36. The van der Waals surface area contributed by atoms with Crippen molar-refractivity contribution in [1.82, 2.24) is 0 Å². The van der Waals surface area contributed by atoms with Gasteiger partial charge in [0.2, 0.25) is 0 Å². The number of hydrogen-bond donors (Lipinski definition) is 0. The third kappa shape index (κ3) is 2.76. The van der Waals surface area contributed by atoms with Crippen LogP contribution < -0.4 is 4.74 Å². The van der Waals surface area contributed by atoms with Gasteiger partial charge in [-0.1, -0.05) is 47.5 Å². The van der Waals surface area contributed by atoms with E-state index in [1.54, 1.807) is 24.3 Å². The molecule has 2 aromatic rings. The van der Waals surface area contributed by atoms with Gasteiger partial charge in [0, 0.05) is 5.56 Å². The van der Waals surface area contributed by atoms with Crippen LogP contribution in [0.5, 0.6) is 5.75 Å². The van der Waals surface area contributed by atoms with Gasteiger partial charge < -0.3 is 4.74 Å². The van der Waals surface area contributed by atoms with Crippen LogP contribution in [0.3, 0.4) is 0 Å². The van der Waals surface area contributed by atoms with Crippen molar-refractivity contribution in [2.75, 3.05) is 0 Å². The smallest absolute Gasteiger partial charge is 0.139 e. The molecule has 0 radical (unpaired) electrons. The highest BCUT2D eigenvalue weighted by molar-refractivity contribution is 6.42. The van der Waals surface area contributed by atoms with Crippen molar-refractivity contribution < 1.29 is 4.74 Å². The first kappa shape index (κ1) is 12.8. The minimum Gasteiger partial charge on any atom is -0.487 e. The Labute approximate surface area is 115 Å². The standard InChI is InChI=1S/C14H9Cl2NO/c15-12-6-3-7-13(14(12)16)18-9-11-5-2-1-4-10(11)8-17/h1-7H,9H2. The summed E-state index contributed by atoms with van der Waals surface area (Å²) >= 11 is 11.9. The van der Waals surface area contributed by atoms with Crippen LogP contribution >= 0.6 is 23.2 Å². The van der Waals surface area contributed by atoms with E-state index in [0.29, 0.717) is 21.4 Å². The Kier molecular flexibility index (Phi) is 4.09. The Morgan fingerprint density at radius 2 is 1.83 bits per heavy atom. The molecule has 0 aliphatic carbocycles. The zero-order chi connectivity index (χ0) is 13.0. The molecule has 2 rings (SSSR count). The largest absolute Gasteiger partial charge is 0.487 e. The van der Waals surface area contributed by atoms with E-state index in [4.69, 9.17) is 33.2 Å². The molecule has 0 N–H and O–H groups in total. The fraction of sp³-hybridized carbons (Fsp3) is 0.0714. The van der Waals surface area contributed by atoms with Gasteiger partial charge in [-0.3, -0.25) is 0 Å². The van der Waals surface area contributed by atoms with Gasteiger partial charge in [0.15, 0.2) is 0 Å². The van der Waals surface area contributed by atoms with Crippen LogP contribution in [-0.4, -0.2) is 0 Å². The lowest BCUT2D eigenvalue weighted by Gasteiger charge is -2.09. The van der Waals surface area contributed by atoms with Gasteiger partial charge in [0.1, 0.15) is 17.4 Å². The Balaban J connectivity index is 2.17. The molecule has 0 saturated heterocycles. The molecule has 0 saturated carbocycles. The summed E-state index contributed by atoms with van der Waals surface area (Å²) in [6, 6.07) is 14.6. The average molecular weight is 278 g/mol. The van der Waals surface area contributed by atoms with Crippen molar-refractivity contribution in [3.05, 3.63) is 63.6 Å². The van der Waals surface area contributed by atoms with Crippen LogP contribution in [0.15, 0.2) is 42.5 Å². The normalized spacial score (nSPS) is 9.83. The molecule has 0 aromatic heterocycles. The SMILES string of the molecule is N#Cc1ccccc1COc1cccc(Cl)c1Cl. The van der Waals surface area contributed by atoms with E-state index in [-0.39, 0.29) is 6.61 Å². The van der Waals surface area contributed by atoms with E-state index in [9.17, 15) is 0 Å². The third-order valence-corrected chi connectivity index (χ3v) is 3.24. The lowest BCUT2D eigenvalue weighted by molar-refractivity contribution is 0.306. The number of nitrogens with zero attached hydrogens (tertiary/aromatic N) is 1. The molecular weight excluding hydrogens is 269 g/mol. The van der Waals surface area contributed by atoms with Crippen molar-refractivity contribution in [1.29, 1.82) is 5.26 Å². The van der Waals surface area contributed by atoms with Crippen LogP contribution in [0.2, 0.25) is 10.0 Å². The summed E-state index contributed by atoms with van der Waals surface area (Å²) in [6.45, 7) is 0.282. The molecular formula is C14H9Cl2NO. The van der Waals surface area contributed by atoms with Crippen molar-refractivity contribution in [3.8, 4) is 11.8 Å². The van der Waals surface area contributed by atoms with Gasteiger partial charge in [-0.25, -0.2) is 0 Å². The topological polar surface area (TPSA) is 33.0 Å². The maximum atomic E-state index is 8.96. The summed E-state index contributed by atoms with van der Waals surface area (Å²) in [5.41, 5.74) is 1.41. The third-order valence-electron chi connectivity index (χ3n) is 2.44. The second-order valence-electron chi connectivity index (χ2n) is 3.61. The minimum absolute atomic E-state index is 0.282. The fourth-order valence-electron chi connectivity index (χ4n) is 1.51. The van der Waals surface area contributed by atoms with Gasteiger partial charge in [0.25, 0.3) is 0 Å². The highest BCUT2D eigenvalue weighted by Crippen LogP contribution is 2.32. The Morgan fingerprint density at radius 3 is 2.61 bits per heavy atom. The Morgan fingerprint density at radius 1 is 1.06 bits per heavy atom. The lowest BCUT2D eigenvalue weighted by Crippen LogP contribution is -1.98. The van der Waals surface area contributed by atoms with E-state index in [1.165, 1.54) is 0 Å². The lowest BCUT2D eigenvalue weighted by atomic mass is 10.1. The zero-order valence-corrected chi connectivity index (χ0v) is 10.9. The van der Waals surface area contributed by atoms with Gasteiger partial charge in [0.05, 0.1) is 16.7 Å². The molecule has 90 valence electrons. The molecule has 4 heteroatoms. The van der Waals surface area contributed by atoms with Crippen LogP contribution in [0.25, 0.3) is 0 Å². The molecule has 2 nitrogen and oxygen atoms in total. The fourth-order valence-corrected chi connectivity index (χ4v) is 1.85. The van der Waals surface area contributed by atoms with Crippen LogP contribution in [0.1, 0.15) is 11.1 Å². The molecule has 0 spiro atoms. The van der Waals surface area contributed by atoms with E-state index >= 15 is 0 Å². The number of rotatable bonds is 3. The molecule has 0 aliphatic heterocycles. The van der Waals surface area contributed by atoms with Crippen LogP contribution in [-0.2, 0) is 6.61 Å². The monoisotopic (exact) mass is 277 g/mol. The number of hydrogen-bond acceptors (Lipinski definition) is 2.